The van der Waals surface area contributed by atoms with Gasteiger partial charge in [0.05, 0.1) is 6.42 Å². The van der Waals surface area contributed by atoms with Gasteiger partial charge in [-0.15, -0.1) is 0 Å². The molecular formula is C19H18O4. The van der Waals surface area contributed by atoms with Gasteiger partial charge in [0.2, 0.25) is 0 Å². The predicted octanol–water partition coefficient (Wildman–Crippen LogP) is 3.13. The van der Waals surface area contributed by atoms with Crippen molar-refractivity contribution in [1.29, 1.82) is 0 Å². The number of benzene rings is 2. The molecule has 1 atom stereocenters. The van der Waals surface area contributed by atoms with E-state index in [1.807, 2.05) is 36.4 Å². The van der Waals surface area contributed by atoms with Crippen LogP contribution in [-0.2, 0) is 26.3 Å². The van der Waals surface area contributed by atoms with Crippen LogP contribution in [0.2, 0.25) is 0 Å². The van der Waals surface area contributed by atoms with E-state index in [2.05, 4.69) is 0 Å². The van der Waals surface area contributed by atoms with Gasteiger partial charge in [0.25, 0.3) is 0 Å². The van der Waals surface area contributed by atoms with E-state index in [-0.39, 0.29) is 24.4 Å². The average molecular weight is 310 g/mol. The normalized spacial score (nSPS) is 21.0. The molecule has 0 amide bonds. The second-order valence-electron chi connectivity index (χ2n) is 5.90. The zero-order valence-corrected chi connectivity index (χ0v) is 12.7. The highest BCUT2D eigenvalue weighted by Gasteiger charge is 2.42. The quantitative estimate of drug-likeness (QED) is 0.696. The largest absolute Gasteiger partial charge is 0.508 e. The SMILES string of the molecule is O=C1CC(=O)OC(CCc2cccc(O)c2)(c2ccccc2)C1. The fraction of sp³-hybridized carbons (Fsp3) is 0.263. The highest BCUT2D eigenvalue weighted by atomic mass is 16.6. The molecule has 0 saturated carbocycles. The minimum absolute atomic E-state index is 0.0963. The lowest BCUT2D eigenvalue weighted by atomic mass is 9.81. The number of ether oxygens (including phenoxy) is 1. The van der Waals surface area contributed by atoms with Crippen molar-refractivity contribution in [2.75, 3.05) is 0 Å². The summed E-state index contributed by atoms with van der Waals surface area (Å²) in [4.78, 5) is 23.8. The first kappa shape index (κ1) is 15.3. The number of ketones is 1. The number of phenolic OH excluding ortho intramolecular Hbond substituents is 1. The Morgan fingerprint density at radius 2 is 1.83 bits per heavy atom. The molecule has 1 aliphatic heterocycles. The molecule has 1 heterocycles. The summed E-state index contributed by atoms with van der Waals surface area (Å²) in [7, 11) is 0. The molecule has 23 heavy (non-hydrogen) atoms. The monoisotopic (exact) mass is 310 g/mol. The van der Waals surface area contributed by atoms with Crippen LogP contribution in [0.25, 0.3) is 0 Å². The molecule has 0 bridgehead atoms. The molecule has 1 aliphatic rings. The van der Waals surface area contributed by atoms with Gasteiger partial charge in [-0.25, -0.2) is 0 Å². The first-order valence-electron chi connectivity index (χ1n) is 7.64. The molecule has 2 aromatic carbocycles. The Kier molecular flexibility index (Phi) is 4.15. The minimum Gasteiger partial charge on any atom is -0.508 e. The van der Waals surface area contributed by atoms with E-state index >= 15 is 0 Å². The first-order chi connectivity index (χ1) is 11.1. The predicted molar refractivity (Wildman–Crippen MR) is 84.9 cm³/mol. The molecule has 0 spiro atoms. The standard InChI is InChI=1S/C19H18O4/c20-16-8-4-5-14(11-16)9-10-19(15-6-2-1-3-7-15)13-17(21)12-18(22)23-19/h1-8,11,20H,9-10,12-13H2. The summed E-state index contributed by atoms with van der Waals surface area (Å²) < 4.78 is 5.66. The number of carbonyl (C=O) groups excluding carboxylic acids is 2. The molecule has 1 fully saturated rings. The van der Waals surface area contributed by atoms with Crippen LogP contribution in [0.5, 0.6) is 5.75 Å². The van der Waals surface area contributed by atoms with Crippen molar-refractivity contribution in [3.63, 3.8) is 0 Å². The van der Waals surface area contributed by atoms with Crippen molar-refractivity contribution >= 4 is 11.8 Å². The van der Waals surface area contributed by atoms with Crippen LogP contribution >= 0.6 is 0 Å². The maximum absolute atomic E-state index is 12.0. The molecule has 1 unspecified atom stereocenters. The summed E-state index contributed by atoms with van der Waals surface area (Å²) in [5.74, 6) is -0.366. The Morgan fingerprint density at radius 3 is 2.52 bits per heavy atom. The van der Waals surface area contributed by atoms with Crippen LogP contribution < -0.4 is 0 Å². The molecule has 4 heteroatoms. The molecule has 1 N–H and O–H groups in total. The Balaban J connectivity index is 1.89. The van der Waals surface area contributed by atoms with Gasteiger partial charge in [0.15, 0.2) is 0 Å². The minimum atomic E-state index is -0.918. The maximum Gasteiger partial charge on any atom is 0.314 e. The number of Topliss-reactive ketones (excluding diaryl/α,β-unsaturated/α-hetero) is 1. The molecule has 1 saturated heterocycles. The van der Waals surface area contributed by atoms with Gasteiger partial charge in [-0.1, -0.05) is 42.5 Å². The van der Waals surface area contributed by atoms with Gasteiger partial charge in [0.1, 0.15) is 23.6 Å². The van der Waals surface area contributed by atoms with E-state index in [4.69, 9.17) is 4.74 Å². The number of aryl methyl sites for hydroxylation is 1. The van der Waals surface area contributed by atoms with Gasteiger partial charge >= 0.3 is 5.97 Å². The highest BCUT2D eigenvalue weighted by Crippen LogP contribution is 2.38. The molecule has 0 radical (unpaired) electrons. The number of cyclic esters (lactones) is 1. The number of hydrogen-bond donors (Lipinski definition) is 1. The fourth-order valence-corrected chi connectivity index (χ4v) is 3.08. The smallest absolute Gasteiger partial charge is 0.314 e. The van der Waals surface area contributed by atoms with Gasteiger partial charge in [0, 0.05) is 0 Å². The van der Waals surface area contributed by atoms with Crippen LogP contribution in [-0.4, -0.2) is 16.9 Å². The van der Waals surface area contributed by atoms with Crippen molar-refractivity contribution < 1.29 is 19.4 Å². The van der Waals surface area contributed by atoms with Crippen LogP contribution in [0.15, 0.2) is 54.6 Å². The van der Waals surface area contributed by atoms with E-state index in [1.54, 1.807) is 18.2 Å². The van der Waals surface area contributed by atoms with Crippen LogP contribution in [0.4, 0.5) is 0 Å². The summed E-state index contributed by atoms with van der Waals surface area (Å²) in [5.41, 5.74) is 0.856. The lowest BCUT2D eigenvalue weighted by Crippen LogP contribution is -2.40. The molecule has 3 rings (SSSR count). The fourth-order valence-electron chi connectivity index (χ4n) is 3.08. The van der Waals surface area contributed by atoms with E-state index in [1.165, 1.54) is 0 Å². The van der Waals surface area contributed by atoms with E-state index in [0.29, 0.717) is 12.8 Å². The zero-order valence-electron chi connectivity index (χ0n) is 12.7. The lowest BCUT2D eigenvalue weighted by molar-refractivity contribution is -0.172. The summed E-state index contributed by atoms with van der Waals surface area (Å²) in [6.07, 6.45) is 1.14. The first-order valence-corrected chi connectivity index (χ1v) is 7.64. The Labute approximate surface area is 134 Å². The van der Waals surface area contributed by atoms with Gasteiger partial charge in [-0.05, 0) is 36.1 Å². The van der Waals surface area contributed by atoms with Crippen molar-refractivity contribution in [3.05, 3.63) is 65.7 Å². The van der Waals surface area contributed by atoms with Crippen molar-refractivity contribution in [1.82, 2.24) is 0 Å². The lowest BCUT2D eigenvalue weighted by Gasteiger charge is -2.36. The molecule has 0 aromatic heterocycles. The van der Waals surface area contributed by atoms with E-state index < -0.39 is 11.6 Å². The van der Waals surface area contributed by atoms with Crippen molar-refractivity contribution in [3.8, 4) is 5.75 Å². The number of phenols is 1. The Hall–Kier alpha value is -2.62. The second kappa shape index (κ2) is 6.24. The Morgan fingerprint density at radius 1 is 1.04 bits per heavy atom. The third-order valence-corrected chi connectivity index (χ3v) is 4.16. The number of aromatic hydroxyl groups is 1. The third-order valence-electron chi connectivity index (χ3n) is 4.16. The highest BCUT2D eigenvalue weighted by molar-refractivity contribution is 5.98. The molecule has 0 aliphatic carbocycles. The molecule has 118 valence electrons. The summed E-state index contributed by atoms with van der Waals surface area (Å²) in [5, 5.41) is 9.58. The molecule has 4 nitrogen and oxygen atoms in total. The second-order valence-corrected chi connectivity index (χ2v) is 5.90. The number of hydrogen-bond acceptors (Lipinski definition) is 4. The molecule has 2 aromatic rings. The summed E-state index contributed by atoms with van der Waals surface area (Å²) in [6, 6.07) is 16.4. The number of rotatable bonds is 4. The number of esters is 1. The maximum atomic E-state index is 12.0. The van der Waals surface area contributed by atoms with E-state index in [0.717, 1.165) is 11.1 Å². The number of carbonyl (C=O) groups is 2. The van der Waals surface area contributed by atoms with Crippen LogP contribution in [0.1, 0.15) is 30.4 Å². The third kappa shape index (κ3) is 3.42. The summed E-state index contributed by atoms with van der Waals surface area (Å²) in [6.45, 7) is 0. The topological polar surface area (TPSA) is 63.6 Å². The van der Waals surface area contributed by atoms with Crippen LogP contribution in [0, 0.1) is 0 Å². The van der Waals surface area contributed by atoms with Crippen molar-refractivity contribution in [2.24, 2.45) is 0 Å². The van der Waals surface area contributed by atoms with Crippen LogP contribution in [0.3, 0.4) is 0 Å². The average Bonchev–Trinajstić information content (AvgIpc) is 2.53. The molecular weight excluding hydrogens is 292 g/mol. The van der Waals surface area contributed by atoms with Gasteiger partial charge in [-0.3, -0.25) is 9.59 Å². The van der Waals surface area contributed by atoms with Gasteiger partial charge in [-0.2, -0.15) is 0 Å². The summed E-state index contributed by atoms with van der Waals surface area (Å²) >= 11 is 0. The zero-order chi connectivity index (χ0) is 16.3. The Bertz CT molecular complexity index is 705. The van der Waals surface area contributed by atoms with E-state index in [9.17, 15) is 14.7 Å². The van der Waals surface area contributed by atoms with Crippen molar-refractivity contribution in [2.45, 2.75) is 31.3 Å². The van der Waals surface area contributed by atoms with Gasteiger partial charge < -0.3 is 9.84 Å².